The Balaban J connectivity index is 2.57. The Morgan fingerprint density at radius 3 is 2.30 bits per heavy atom. The van der Waals surface area contributed by atoms with Gasteiger partial charge in [-0.1, -0.05) is 0 Å². The highest BCUT2D eigenvalue weighted by molar-refractivity contribution is 7.48. The second-order valence-electron chi connectivity index (χ2n) is 4.19. The molecule has 0 amide bonds. The van der Waals surface area contributed by atoms with Gasteiger partial charge in [0.15, 0.2) is 0 Å². The number of esters is 1. The van der Waals surface area contributed by atoms with Gasteiger partial charge in [-0.15, -0.1) is 0 Å². The van der Waals surface area contributed by atoms with Crippen molar-refractivity contribution in [1.82, 2.24) is 0 Å². The normalized spacial score (nSPS) is 11.9. The van der Waals surface area contributed by atoms with Crippen LogP contribution in [0.25, 0.3) is 0 Å². The third kappa shape index (κ3) is 6.19. The van der Waals surface area contributed by atoms with Crippen molar-refractivity contribution in [3.8, 4) is 0 Å². The molecule has 1 rings (SSSR count). The van der Waals surface area contributed by atoms with Gasteiger partial charge in [0.1, 0.15) is 12.4 Å². The lowest BCUT2D eigenvalue weighted by Gasteiger charge is -2.14. The molecule has 1 aromatic rings. The van der Waals surface area contributed by atoms with Gasteiger partial charge in [0, 0.05) is 26.4 Å². The van der Waals surface area contributed by atoms with Crippen LogP contribution in [0.5, 0.6) is 0 Å². The van der Waals surface area contributed by atoms with Crippen LogP contribution in [-0.2, 0) is 34.3 Å². The smallest absolute Gasteiger partial charge is 0.458 e. The van der Waals surface area contributed by atoms with E-state index in [0.29, 0.717) is 5.56 Å². The van der Waals surface area contributed by atoms with E-state index >= 15 is 0 Å². The molecule has 1 aromatic carbocycles. The molecule has 0 unspecified atom stereocenters. The summed E-state index contributed by atoms with van der Waals surface area (Å²) >= 11 is 0. The van der Waals surface area contributed by atoms with Gasteiger partial charge in [0.05, 0.1) is 11.0 Å². The van der Waals surface area contributed by atoms with Gasteiger partial charge in [-0.05, 0) is 24.6 Å². The van der Waals surface area contributed by atoms with Crippen LogP contribution in [0.15, 0.2) is 36.1 Å². The average Bonchev–Trinajstić information content (AvgIpc) is 2.53. The second kappa shape index (κ2) is 8.42. The third-order valence-electron chi connectivity index (χ3n) is 2.55. The summed E-state index contributed by atoms with van der Waals surface area (Å²) in [7, 11) is -1.44. The van der Waals surface area contributed by atoms with Crippen molar-refractivity contribution in [2.45, 2.75) is 13.5 Å². The lowest BCUT2D eigenvalue weighted by atomic mass is 10.2. The first-order chi connectivity index (χ1) is 10.8. The van der Waals surface area contributed by atoms with Gasteiger partial charge >= 0.3 is 13.8 Å². The van der Waals surface area contributed by atoms with Crippen LogP contribution in [0, 0.1) is 10.1 Å². The Labute approximate surface area is 132 Å². The Bertz CT molecular complexity index is 632. The number of phosphoric ester groups is 1. The molecule has 0 bridgehead atoms. The Kier molecular flexibility index (Phi) is 6.89. The minimum atomic E-state index is -3.73. The van der Waals surface area contributed by atoms with Crippen molar-refractivity contribution in [3.05, 3.63) is 51.8 Å². The molecule has 0 radical (unpaired) electrons. The number of ether oxygens (including phenoxy) is 1. The lowest BCUT2D eigenvalue weighted by Crippen LogP contribution is -2.03. The van der Waals surface area contributed by atoms with Gasteiger partial charge in [-0.25, -0.2) is 9.36 Å². The number of nitro groups is 1. The number of nitro benzene ring substituents is 1. The van der Waals surface area contributed by atoms with Crippen molar-refractivity contribution in [2.75, 3.05) is 14.2 Å². The maximum absolute atomic E-state index is 11.7. The quantitative estimate of drug-likeness (QED) is 0.176. The Hall–Kier alpha value is -2.22. The highest BCUT2D eigenvalue weighted by Gasteiger charge is 2.24. The Morgan fingerprint density at radius 2 is 1.83 bits per heavy atom. The summed E-state index contributed by atoms with van der Waals surface area (Å²) in [6, 6.07) is 5.56. The van der Waals surface area contributed by atoms with Gasteiger partial charge in [-0.3, -0.25) is 19.2 Å². The van der Waals surface area contributed by atoms with Crippen molar-refractivity contribution >= 4 is 19.5 Å². The molecule has 126 valence electrons. The fraction of sp³-hybridized carbons (Fsp3) is 0.308. The van der Waals surface area contributed by atoms with Crippen LogP contribution in [0.1, 0.15) is 12.5 Å². The Morgan fingerprint density at radius 1 is 1.26 bits per heavy atom. The molecule has 0 saturated heterocycles. The number of rotatable bonds is 8. The largest absolute Gasteiger partial charge is 0.529 e. The zero-order valence-electron chi connectivity index (χ0n) is 12.8. The van der Waals surface area contributed by atoms with E-state index in [9.17, 15) is 19.5 Å². The van der Waals surface area contributed by atoms with Crippen molar-refractivity contribution < 1.29 is 32.6 Å². The summed E-state index contributed by atoms with van der Waals surface area (Å²) in [6.07, 6.45) is 0.982. The first-order valence-electron chi connectivity index (χ1n) is 6.29. The number of carbonyl (C=O) groups is 1. The van der Waals surface area contributed by atoms with Gasteiger partial charge in [-0.2, -0.15) is 0 Å². The molecule has 0 aromatic heterocycles. The van der Waals surface area contributed by atoms with Gasteiger partial charge in [0.2, 0.25) is 0 Å². The summed E-state index contributed by atoms with van der Waals surface area (Å²) in [6.45, 7) is 1.31. The minimum Gasteiger partial charge on any atom is -0.458 e. The van der Waals surface area contributed by atoms with Gasteiger partial charge < -0.3 is 9.26 Å². The van der Waals surface area contributed by atoms with Crippen LogP contribution in [0.4, 0.5) is 5.69 Å². The molecule has 0 N–H and O–H groups in total. The zero-order valence-corrected chi connectivity index (χ0v) is 13.6. The van der Waals surface area contributed by atoms with Gasteiger partial charge in [0.25, 0.3) is 5.69 Å². The van der Waals surface area contributed by atoms with Crippen molar-refractivity contribution in [1.29, 1.82) is 0 Å². The van der Waals surface area contributed by atoms with E-state index in [-0.39, 0.29) is 18.1 Å². The molecular weight excluding hydrogens is 329 g/mol. The molecule has 0 heterocycles. The number of carbonyl (C=O) groups excluding carboxylic acids is 1. The fourth-order valence-corrected chi connectivity index (χ4v) is 2.13. The maximum Gasteiger partial charge on any atom is 0.529 e. The predicted octanol–water partition coefficient (Wildman–Crippen LogP) is 2.96. The standard InChI is InChI=1S/C13H16NO8P/c1-10(22-23(18,19-2)20-3)8-13(15)21-9-11-4-6-12(7-5-11)14(16)17/h4-8H,9H2,1-3H3. The topological polar surface area (TPSA) is 114 Å². The van der Waals surface area contributed by atoms with Crippen LogP contribution in [0.2, 0.25) is 0 Å². The highest BCUT2D eigenvalue weighted by atomic mass is 31.2. The molecular formula is C13H16NO8P. The number of hydrogen-bond acceptors (Lipinski definition) is 8. The van der Waals surface area contributed by atoms with E-state index in [1.165, 1.54) is 31.2 Å². The molecule has 0 aliphatic heterocycles. The third-order valence-corrected chi connectivity index (χ3v) is 3.96. The molecule has 0 atom stereocenters. The number of nitrogens with zero attached hydrogens (tertiary/aromatic N) is 1. The molecule has 0 fully saturated rings. The molecule has 23 heavy (non-hydrogen) atoms. The molecule has 9 nitrogen and oxygen atoms in total. The molecule has 0 saturated carbocycles. The van der Waals surface area contributed by atoms with E-state index in [1.54, 1.807) is 0 Å². The molecule has 0 spiro atoms. The number of benzene rings is 1. The van der Waals surface area contributed by atoms with E-state index < -0.39 is 18.7 Å². The van der Waals surface area contributed by atoms with E-state index in [0.717, 1.165) is 20.3 Å². The number of non-ortho nitro benzene ring substituents is 1. The minimum absolute atomic E-state index is 0.00858. The van der Waals surface area contributed by atoms with Crippen molar-refractivity contribution in [2.24, 2.45) is 0 Å². The summed E-state index contributed by atoms with van der Waals surface area (Å²) in [5.41, 5.74) is 0.523. The SMILES string of the molecule is COP(=O)(OC)OC(C)=CC(=O)OCc1ccc([N+](=O)[O-])cc1. The van der Waals surface area contributed by atoms with Crippen LogP contribution in [0.3, 0.4) is 0 Å². The predicted molar refractivity (Wildman–Crippen MR) is 79.4 cm³/mol. The summed E-state index contributed by atoms with van der Waals surface area (Å²) in [5.74, 6) is -0.745. The van der Waals surface area contributed by atoms with E-state index in [1.807, 2.05) is 0 Å². The lowest BCUT2D eigenvalue weighted by molar-refractivity contribution is -0.384. The first kappa shape index (κ1) is 18.8. The summed E-state index contributed by atoms with van der Waals surface area (Å²) < 4.78 is 30.7. The number of hydrogen-bond donors (Lipinski definition) is 0. The summed E-state index contributed by atoms with van der Waals surface area (Å²) in [5, 5.41) is 10.5. The number of allylic oxidation sites excluding steroid dienone is 1. The average molecular weight is 345 g/mol. The van der Waals surface area contributed by atoms with Crippen LogP contribution < -0.4 is 0 Å². The van der Waals surface area contributed by atoms with Crippen LogP contribution in [-0.4, -0.2) is 25.1 Å². The zero-order chi connectivity index (χ0) is 17.5. The van der Waals surface area contributed by atoms with Crippen LogP contribution >= 0.6 is 7.82 Å². The molecule has 0 aliphatic carbocycles. The number of phosphoric acid groups is 1. The monoisotopic (exact) mass is 345 g/mol. The van der Waals surface area contributed by atoms with E-state index in [2.05, 4.69) is 9.05 Å². The molecule has 10 heteroatoms. The highest BCUT2D eigenvalue weighted by Crippen LogP contribution is 2.49. The molecule has 0 aliphatic rings. The van der Waals surface area contributed by atoms with Crippen molar-refractivity contribution in [3.63, 3.8) is 0 Å². The second-order valence-corrected chi connectivity index (χ2v) is 6.00. The summed E-state index contributed by atoms with van der Waals surface area (Å²) in [4.78, 5) is 21.6. The first-order valence-corrected chi connectivity index (χ1v) is 7.75. The maximum atomic E-state index is 11.7. The fourth-order valence-electron chi connectivity index (χ4n) is 1.43. The van der Waals surface area contributed by atoms with E-state index in [4.69, 9.17) is 9.26 Å².